The Morgan fingerprint density at radius 2 is 1.67 bits per heavy atom. The number of hydrogen-bond acceptors (Lipinski definition) is 6. The number of rotatable bonds is 9. The summed E-state index contributed by atoms with van der Waals surface area (Å²) in [5, 5.41) is 21.4. The fraction of sp³-hybridized carbons (Fsp3) is 0.154. The highest BCUT2D eigenvalue weighted by Gasteiger charge is 2.26. The van der Waals surface area contributed by atoms with E-state index in [1.54, 1.807) is 6.92 Å². The second kappa shape index (κ2) is 11.9. The average molecular weight is 612 g/mol. The minimum Gasteiger partial charge on any atom is -0.508 e. The highest BCUT2D eigenvalue weighted by Crippen LogP contribution is 2.44. The molecule has 1 unspecified atom stereocenters. The Labute approximate surface area is 235 Å². The molecule has 3 aromatic rings. The molecule has 39 heavy (non-hydrogen) atoms. The summed E-state index contributed by atoms with van der Waals surface area (Å²) >= 11 is 12.7. The predicted molar refractivity (Wildman–Crippen MR) is 150 cm³/mol. The summed E-state index contributed by atoms with van der Waals surface area (Å²) in [6, 6.07) is 12.4. The molecular formula is C26H24Cl2NO8PS. The fourth-order valence-corrected chi connectivity index (χ4v) is 6.48. The summed E-state index contributed by atoms with van der Waals surface area (Å²) in [5.41, 5.74) is 0.822. The monoisotopic (exact) mass is 611 g/mol. The van der Waals surface area contributed by atoms with Crippen LogP contribution in [0.3, 0.4) is 0 Å². The lowest BCUT2D eigenvalue weighted by Gasteiger charge is -2.17. The molecule has 1 amide bonds. The van der Waals surface area contributed by atoms with E-state index < -0.39 is 35.1 Å². The van der Waals surface area contributed by atoms with Crippen molar-refractivity contribution in [1.82, 2.24) is 5.32 Å². The zero-order valence-corrected chi connectivity index (χ0v) is 23.9. The Hall–Kier alpha value is -3.14. The lowest BCUT2D eigenvalue weighted by Crippen LogP contribution is -2.42. The summed E-state index contributed by atoms with van der Waals surface area (Å²) in [6.45, 7) is 1.54. The molecule has 0 heterocycles. The van der Waals surface area contributed by atoms with Gasteiger partial charge in [0.25, 0.3) is 13.3 Å². The predicted octanol–water partition coefficient (Wildman–Crippen LogP) is 4.48. The van der Waals surface area contributed by atoms with Gasteiger partial charge in [0.2, 0.25) is 0 Å². The van der Waals surface area contributed by atoms with Gasteiger partial charge in [0.1, 0.15) is 11.8 Å². The van der Waals surface area contributed by atoms with Gasteiger partial charge in [0.05, 0.1) is 20.5 Å². The molecule has 0 bridgehead atoms. The minimum atomic E-state index is -4.02. The van der Waals surface area contributed by atoms with E-state index in [1.807, 2.05) is 0 Å². The minimum absolute atomic E-state index is 0.0110. The quantitative estimate of drug-likeness (QED) is 0.258. The molecule has 0 spiro atoms. The maximum absolute atomic E-state index is 13.0. The molecule has 0 saturated carbocycles. The lowest BCUT2D eigenvalue weighted by molar-refractivity contribution is -0.139. The zero-order valence-electron chi connectivity index (χ0n) is 20.6. The van der Waals surface area contributed by atoms with Crippen molar-refractivity contribution in [3.05, 3.63) is 93.2 Å². The Morgan fingerprint density at radius 1 is 1.05 bits per heavy atom. The summed E-state index contributed by atoms with van der Waals surface area (Å²) in [6.07, 6.45) is 0.819. The van der Waals surface area contributed by atoms with Crippen molar-refractivity contribution in [2.75, 3.05) is 6.26 Å². The largest absolute Gasteiger partial charge is 0.508 e. The highest BCUT2D eigenvalue weighted by atomic mass is 35.5. The van der Waals surface area contributed by atoms with Crippen molar-refractivity contribution in [3.63, 3.8) is 0 Å². The van der Waals surface area contributed by atoms with Crippen LogP contribution in [-0.2, 0) is 25.6 Å². The molecule has 0 fully saturated rings. The highest BCUT2D eigenvalue weighted by molar-refractivity contribution is 7.90. The first-order valence-electron chi connectivity index (χ1n) is 11.2. The van der Waals surface area contributed by atoms with E-state index in [0.717, 1.165) is 12.1 Å². The third-order valence-corrected chi connectivity index (χ3v) is 9.12. The van der Waals surface area contributed by atoms with Crippen molar-refractivity contribution < 1.29 is 37.7 Å². The Kier molecular flexibility index (Phi) is 9.31. The van der Waals surface area contributed by atoms with E-state index in [-0.39, 0.29) is 38.0 Å². The number of carbonyl (C=O) groups excluding carboxylic acids is 1. The van der Waals surface area contributed by atoms with Gasteiger partial charge < -0.3 is 20.4 Å². The molecule has 0 aliphatic heterocycles. The second-order valence-electron chi connectivity index (χ2n) is 8.76. The van der Waals surface area contributed by atoms with Crippen molar-refractivity contribution in [3.8, 4) is 5.75 Å². The second-order valence-corrected chi connectivity index (χ2v) is 13.6. The SMILES string of the molecule is C/C(=C\P(=O)(O)c1cccc(O)c1)c1cc(Cl)c(C(=O)N[C@@H](Cc2cccc(S(C)(=O)=O)c2)C(=O)O)c(Cl)c1. The van der Waals surface area contributed by atoms with Crippen LogP contribution in [0.15, 0.2) is 71.4 Å². The number of sulfone groups is 1. The van der Waals surface area contributed by atoms with Crippen molar-refractivity contribution in [2.45, 2.75) is 24.3 Å². The molecule has 0 aliphatic rings. The summed E-state index contributed by atoms with van der Waals surface area (Å²) in [7, 11) is -7.54. The number of hydrogen-bond donors (Lipinski definition) is 4. The fourth-order valence-electron chi connectivity index (χ4n) is 3.69. The van der Waals surface area contributed by atoms with Crippen molar-refractivity contribution >= 4 is 63.2 Å². The number of allylic oxidation sites excluding steroid dienone is 1. The van der Waals surface area contributed by atoms with Crippen LogP contribution in [0.2, 0.25) is 10.0 Å². The number of phenols is 1. The standard InChI is InChI=1S/C26H24Cl2NO8PS/c1-15(14-38(34,35)19-7-4-6-18(30)13-19)17-11-21(27)24(22(28)12-17)25(31)29-23(26(32)33)10-16-5-3-8-20(9-16)39(2,36)37/h3-9,11-14,23,30H,10H2,1-2H3,(H,29,31)(H,32,33)(H,34,35)/b15-14+/t23-/m0/s1. The number of benzene rings is 3. The molecule has 0 aliphatic carbocycles. The molecule has 0 saturated heterocycles. The smallest absolute Gasteiger partial charge is 0.326 e. The van der Waals surface area contributed by atoms with Gasteiger partial charge in [-0.25, -0.2) is 13.2 Å². The lowest BCUT2D eigenvalue weighted by atomic mass is 10.0. The van der Waals surface area contributed by atoms with Crippen LogP contribution in [0.4, 0.5) is 0 Å². The Bertz CT molecular complexity index is 1620. The van der Waals surface area contributed by atoms with Crippen LogP contribution < -0.4 is 10.6 Å². The van der Waals surface area contributed by atoms with Crippen molar-refractivity contribution in [1.29, 1.82) is 0 Å². The van der Waals surface area contributed by atoms with Gasteiger partial charge in [-0.15, -0.1) is 0 Å². The van der Waals surface area contributed by atoms with Gasteiger partial charge >= 0.3 is 5.97 Å². The van der Waals surface area contributed by atoms with E-state index in [9.17, 15) is 37.7 Å². The van der Waals surface area contributed by atoms with Gasteiger partial charge in [-0.1, -0.05) is 41.4 Å². The van der Waals surface area contributed by atoms with Gasteiger partial charge in [0.15, 0.2) is 9.84 Å². The summed E-state index contributed by atoms with van der Waals surface area (Å²) in [5.74, 6) is -1.30. The van der Waals surface area contributed by atoms with Gasteiger partial charge in [-0.05, 0) is 66.1 Å². The van der Waals surface area contributed by atoms with E-state index in [4.69, 9.17) is 23.2 Å². The van der Waals surface area contributed by atoms with Crippen LogP contribution >= 0.6 is 30.6 Å². The number of amides is 1. The van der Waals surface area contributed by atoms with E-state index in [2.05, 4.69) is 5.32 Å². The molecule has 4 N–H and O–H groups in total. The number of phenolic OH excluding ortho intramolecular Hbond substituents is 1. The number of nitrogens with one attached hydrogen (secondary N) is 1. The molecular weight excluding hydrogens is 588 g/mol. The number of aliphatic carboxylic acids is 1. The Morgan fingerprint density at radius 3 is 2.23 bits per heavy atom. The van der Waals surface area contributed by atoms with Crippen LogP contribution in [0.5, 0.6) is 5.75 Å². The third-order valence-electron chi connectivity index (χ3n) is 5.66. The van der Waals surface area contributed by atoms with E-state index in [1.165, 1.54) is 60.7 Å². The van der Waals surface area contributed by atoms with E-state index in [0.29, 0.717) is 16.7 Å². The molecule has 3 aromatic carbocycles. The first-order valence-corrected chi connectivity index (χ1v) is 15.6. The molecule has 13 heteroatoms. The molecule has 2 atom stereocenters. The molecule has 206 valence electrons. The van der Waals surface area contributed by atoms with Crippen molar-refractivity contribution in [2.24, 2.45) is 0 Å². The van der Waals surface area contributed by atoms with Gasteiger partial charge in [-0.3, -0.25) is 9.36 Å². The number of aromatic hydroxyl groups is 1. The van der Waals surface area contributed by atoms with Crippen LogP contribution in [0.25, 0.3) is 5.57 Å². The third kappa shape index (κ3) is 7.71. The van der Waals surface area contributed by atoms with Crippen LogP contribution in [0.1, 0.15) is 28.4 Å². The topological polar surface area (TPSA) is 158 Å². The summed E-state index contributed by atoms with van der Waals surface area (Å²) < 4.78 is 36.5. The van der Waals surface area contributed by atoms with Gasteiger partial charge in [-0.2, -0.15) is 0 Å². The Balaban J connectivity index is 1.86. The number of carboxylic acids is 1. The van der Waals surface area contributed by atoms with Crippen LogP contribution in [0, 0.1) is 0 Å². The maximum Gasteiger partial charge on any atom is 0.326 e. The van der Waals surface area contributed by atoms with Crippen LogP contribution in [-0.4, -0.2) is 47.7 Å². The molecule has 0 radical (unpaired) electrons. The normalized spacial score (nSPS) is 14.3. The molecule has 3 rings (SSSR count). The number of carbonyl (C=O) groups is 2. The maximum atomic E-state index is 13.0. The molecule has 0 aromatic heterocycles. The average Bonchev–Trinajstić information content (AvgIpc) is 2.82. The van der Waals surface area contributed by atoms with E-state index >= 15 is 0 Å². The first-order chi connectivity index (χ1) is 18.1. The number of carboxylic acid groups (broad SMARTS) is 1. The van der Waals surface area contributed by atoms with Gasteiger partial charge in [0, 0.05) is 23.8 Å². The number of halogens is 2. The zero-order chi connectivity index (χ0) is 29.1. The summed E-state index contributed by atoms with van der Waals surface area (Å²) in [4.78, 5) is 35.4. The molecule has 9 nitrogen and oxygen atoms in total. The first kappa shape index (κ1) is 30.4.